The molecule has 292 valence electrons. The van der Waals surface area contributed by atoms with Crippen LogP contribution in [0.3, 0.4) is 0 Å². The predicted molar refractivity (Wildman–Crippen MR) is 209 cm³/mol. The number of rotatable bonds is 1. The number of piperazine rings is 1. The topological polar surface area (TPSA) is 133 Å². The molecule has 0 aliphatic carbocycles. The van der Waals surface area contributed by atoms with Gasteiger partial charge in [-0.25, -0.2) is 4.79 Å². The first-order valence-electron chi connectivity index (χ1n) is 19.4. The van der Waals surface area contributed by atoms with Crippen LogP contribution in [0.25, 0.3) is 0 Å². The fraction of sp³-hybridized carbons (Fsp3) is 0.548. The normalized spacial score (nSPS) is 27.6. The van der Waals surface area contributed by atoms with E-state index < -0.39 is 5.54 Å². The van der Waals surface area contributed by atoms with Gasteiger partial charge in [-0.1, -0.05) is 40.2 Å². The number of methoxy groups -OCH3 is 1. The van der Waals surface area contributed by atoms with Crippen LogP contribution in [0.1, 0.15) is 102 Å². The molecule has 7 aliphatic rings. The lowest BCUT2D eigenvalue weighted by molar-refractivity contribution is -0.156. The minimum atomic E-state index is -1.19. The standard InChI is InChI=1S/C37H41N3O8S.C3H8.C2H6/c1-16-8-20-9-21-12-40-23-13-46-36(44)37(22-11-25(45-5)24(41)10-19(22)6-7-38-37)14-49-35(30(40)29(39(21)4)27(20)32(43)31(16)42)26-17(2)18(3)33-34(28(23)26)48-15-47-33;1-3-2;1-2/h8,10-11,21,23,29-30,35,38,41-43H,6-7,9,12-15H2,1-5H3;3H2,1-2H3;1-2H3/t21?,23?,29?,30?,35?,37-;;/m1../s1. The third-order valence-corrected chi connectivity index (χ3v) is 13.6. The first-order chi connectivity index (χ1) is 26.0. The highest BCUT2D eigenvalue weighted by Crippen LogP contribution is 2.62. The maximum atomic E-state index is 14.5. The van der Waals surface area contributed by atoms with Crippen molar-refractivity contribution in [2.45, 2.75) is 103 Å². The Balaban J connectivity index is 0.000000859. The number of carbonyl (C=O) groups is 1. The molecule has 6 atom stereocenters. The predicted octanol–water partition coefficient (Wildman–Crippen LogP) is 6.62. The molecule has 11 nitrogen and oxygen atoms in total. The average Bonchev–Trinajstić information content (AvgIpc) is 3.65. The first-order valence-corrected chi connectivity index (χ1v) is 20.4. The van der Waals surface area contributed by atoms with Gasteiger partial charge in [0, 0.05) is 47.3 Å². The molecule has 7 aliphatic heterocycles. The highest BCUT2D eigenvalue weighted by Gasteiger charge is 2.58. The molecule has 0 saturated carbocycles. The molecule has 1 spiro atoms. The molecule has 4 bridgehead atoms. The lowest BCUT2D eigenvalue weighted by Gasteiger charge is -2.60. The minimum Gasteiger partial charge on any atom is -0.504 e. The van der Waals surface area contributed by atoms with Gasteiger partial charge in [0.15, 0.2) is 40.0 Å². The van der Waals surface area contributed by atoms with Crippen LogP contribution in [-0.2, 0) is 27.9 Å². The van der Waals surface area contributed by atoms with Crippen molar-refractivity contribution in [2.24, 2.45) is 0 Å². The molecule has 4 N–H and O–H groups in total. The summed E-state index contributed by atoms with van der Waals surface area (Å²) >= 11 is 1.70. The van der Waals surface area contributed by atoms with Gasteiger partial charge in [-0.2, -0.15) is 0 Å². The van der Waals surface area contributed by atoms with Crippen molar-refractivity contribution in [3.8, 4) is 34.5 Å². The van der Waals surface area contributed by atoms with Crippen LogP contribution in [-0.4, -0.2) is 89.6 Å². The SMILES string of the molecule is CC.CCC.COc1cc2c(cc1O)CCN[C@]21CSC2c3c(C)c(C)c4c(c3C(COC1=O)N1CC3Cc5cc(C)c(O)c(O)c5C(C21)N3C)OCO4. The first kappa shape index (κ1) is 38.4. The van der Waals surface area contributed by atoms with Crippen LogP contribution < -0.4 is 19.5 Å². The van der Waals surface area contributed by atoms with E-state index in [9.17, 15) is 20.1 Å². The Morgan fingerprint density at radius 3 is 2.41 bits per heavy atom. The fourth-order valence-electron chi connectivity index (χ4n) is 9.62. The number of carbonyl (C=O) groups excluding carboxylic acids is 1. The molecule has 7 heterocycles. The van der Waals surface area contributed by atoms with Crippen LogP contribution >= 0.6 is 11.8 Å². The Bertz CT molecular complexity index is 1970. The Morgan fingerprint density at radius 2 is 1.69 bits per heavy atom. The maximum Gasteiger partial charge on any atom is 0.331 e. The van der Waals surface area contributed by atoms with Crippen molar-refractivity contribution >= 4 is 17.7 Å². The van der Waals surface area contributed by atoms with E-state index in [0.29, 0.717) is 30.0 Å². The molecular formula is C42H55N3O8S. The highest BCUT2D eigenvalue weighted by molar-refractivity contribution is 7.99. The molecule has 54 heavy (non-hydrogen) atoms. The summed E-state index contributed by atoms with van der Waals surface area (Å²) in [5.41, 5.74) is 7.24. The number of esters is 1. The Labute approximate surface area is 322 Å². The summed E-state index contributed by atoms with van der Waals surface area (Å²) in [4.78, 5) is 19.4. The van der Waals surface area contributed by atoms with Crippen molar-refractivity contribution in [3.63, 3.8) is 0 Å². The van der Waals surface area contributed by atoms with E-state index in [2.05, 4.69) is 49.9 Å². The zero-order valence-corrected chi connectivity index (χ0v) is 33.8. The molecule has 0 radical (unpaired) electrons. The number of aromatic hydroxyl groups is 3. The number of ether oxygens (including phenoxy) is 4. The van der Waals surface area contributed by atoms with Gasteiger partial charge >= 0.3 is 5.97 Å². The number of phenols is 3. The Morgan fingerprint density at radius 1 is 0.963 bits per heavy atom. The Hall–Kier alpha value is -3.84. The van der Waals surface area contributed by atoms with E-state index in [1.54, 1.807) is 23.9 Å². The molecule has 0 amide bonds. The van der Waals surface area contributed by atoms with Gasteiger partial charge in [0.2, 0.25) is 6.79 Å². The molecule has 2 fully saturated rings. The number of benzene rings is 3. The largest absolute Gasteiger partial charge is 0.504 e. The van der Waals surface area contributed by atoms with Crippen molar-refractivity contribution in [1.29, 1.82) is 0 Å². The summed E-state index contributed by atoms with van der Waals surface area (Å²) in [7, 11) is 3.63. The van der Waals surface area contributed by atoms with E-state index in [-0.39, 0.29) is 66.0 Å². The smallest absolute Gasteiger partial charge is 0.331 e. The lowest BCUT2D eigenvalue weighted by Crippen LogP contribution is -2.65. The quantitative estimate of drug-likeness (QED) is 0.157. The number of fused-ring (bicyclic) bond motifs is 9. The third-order valence-electron chi connectivity index (χ3n) is 12.2. The second-order valence-corrected chi connectivity index (χ2v) is 16.2. The third kappa shape index (κ3) is 5.61. The number of thioether (sulfide) groups is 1. The molecule has 3 aromatic carbocycles. The molecule has 3 aromatic rings. The summed E-state index contributed by atoms with van der Waals surface area (Å²) in [6.07, 6.45) is 2.62. The molecule has 2 saturated heterocycles. The van der Waals surface area contributed by atoms with Gasteiger partial charge in [0.05, 0.1) is 19.2 Å². The van der Waals surface area contributed by atoms with E-state index in [4.69, 9.17) is 18.9 Å². The van der Waals surface area contributed by atoms with Crippen molar-refractivity contribution < 1.29 is 39.1 Å². The second-order valence-electron chi connectivity index (χ2n) is 15.1. The van der Waals surface area contributed by atoms with E-state index in [0.717, 1.165) is 69.0 Å². The second kappa shape index (κ2) is 14.7. The zero-order chi connectivity index (χ0) is 38.8. The van der Waals surface area contributed by atoms with Crippen LogP contribution in [0.5, 0.6) is 34.5 Å². The fourth-order valence-corrected chi connectivity index (χ4v) is 11.4. The lowest BCUT2D eigenvalue weighted by atomic mass is 9.73. The number of hydrogen-bond acceptors (Lipinski definition) is 12. The number of hydrogen-bond donors (Lipinski definition) is 4. The molecule has 12 heteroatoms. The summed E-state index contributed by atoms with van der Waals surface area (Å²) in [6, 6.07) is 4.91. The number of likely N-dealkylation sites (N-methyl/N-ethyl adjacent to an activating group) is 1. The monoisotopic (exact) mass is 761 g/mol. The van der Waals surface area contributed by atoms with Crippen LogP contribution in [0, 0.1) is 20.8 Å². The van der Waals surface area contributed by atoms with Crippen LogP contribution in [0.2, 0.25) is 0 Å². The minimum absolute atomic E-state index is 0.0408. The van der Waals surface area contributed by atoms with E-state index in [1.807, 2.05) is 26.8 Å². The summed E-state index contributed by atoms with van der Waals surface area (Å²) in [5, 5.41) is 36.7. The molecular weight excluding hydrogens is 707 g/mol. The summed E-state index contributed by atoms with van der Waals surface area (Å²) < 4.78 is 24.3. The maximum absolute atomic E-state index is 14.5. The van der Waals surface area contributed by atoms with Crippen LogP contribution in [0.15, 0.2) is 18.2 Å². The van der Waals surface area contributed by atoms with E-state index in [1.165, 1.54) is 13.5 Å². The summed E-state index contributed by atoms with van der Waals surface area (Å²) in [5.74, 6) is 1.66. The summed E-state index contributed by atoms with van der Waals surface area (Å²) in [6.45, 7) is 15.8. The Kier molecular flexibility index (Phi) is 10.4. The van der Waals surface area contributed by atoms with Gasteiger partial charge in [-0.15, -0.1) is 11.8 Å². The molecule has 0 aromatic heterocycles. The van der Waals surface area contributed by atoms with Gasteiger partial charge in [0.25, 0.3) is 0 Å². The van der Waals surface area contributed by atoms with E-state index >= 15 is 0 Å². The zero-order valence-electron chi connectivity index (χ0n) is 33.0. The number of phenolic OH excluding ortho intramolecular Hbond substituents is 3. The highest BCUT2D eigenvalue weighted by atomic mass is 32.2. The average molecular weight is 762 g/mol. The van der Waals surface area contributed by atoms with Crippen molar-refractivity contribution in [2.75, 3.05) is 46.4 Å². The van der Waals surface area contributed by atoms with Gasteiger partial charge in [-0.05, 0) is 91.7 Å². The van der Waals surface area contributed by atoms with Gasteiger partial charge in [0.1, 0.15) is 6.61 Å². The van der Waals surface area contributed by atoms with Crippen LogP contribution in [0.4, 0.5) is 0 Å². The van der Waals surface area contributed by atoms with Crippen molar-refractivity contribution in [3.05, 3.63) is 68.3 Å². The van der Waals surface area contributed by atoms with Crippen molar-refractivity contribution in [1.82, 2.24) is 15.1 Å². The molecule has 10 rings (SSSR count). The van der Waals surface area contributed by atoms with Gasteiger partial charge in [-0.3, -0.25) is 15.1 Å². The number of nitrogens with one attached hydrogen (secondary N) is 1. The molecule has 5 unspecified atom stereocenters. The number of aryl methyl sites for hydroxylation is 1. The van der Waals surface area contributed by atoms with Gasteiger partial charge < -0.3 is 34.3 Å². The number of nitrogens with zero attached hydrogens (tertiary/aromatic N) is 2.